The van der Waals surface area contributed by atoms with Gasteiger partial charge in [-0.2, -0.15) is 0 Å². The Labute approximate surface area is 212 Å². The highest BCUT2D eigenvalue weighted by Crippen LogP contribution is 2.72. The number of aliphatic hydroxyl groups is 1. The van der Waals surface area contributed by atoms with Crippen LogP contribution in [0.25, 0.3) is 11.0 Å². The second-order valence-electron chi connectivity index (χ2n) is 10.5. The monoisotopic (exact) mass is 502 g/mol. The topological polar surface area (TPSA) is 123 Å². The maximum Gasteiger partial charge on any atom is 0.336 e. The van der Waals surface area contributed by atoms with E-state index in [1.54, 1.807) is 12.2 Å². The Bertz CT molecular complexity index is 1610. The van der Waals surface area contributed by atoms with Crippen LogP contribution in [0.2, 0.25) is 0 Å². The van der Waals surface area contributed by atoms with Crippen LogP contribution in [0.1, 0.15) is 50.7 Å². The van der Waals surface area contributed by atoms with Crippen molar-refractivity contribution in [2.24, 2.45) is 5.41 Å². The highest BCUT2D eigenvalue weighted by atomic mass is 16.6. The molecule has 2 heterocycles. The zero-order valence-electron chi connectivity index (χ0n) is 20.9. The number of ether oxygens (including phenoxy) is 2. The minimum Gasteiger partial charge on any atom is -0.502 e. The molecule has 2 aromatic rings. The molecule has 0 spiro atoms. The summed E-state index contributed by atoms with van der Waals surface area (Å²) in [7, 11) is 1.37. The molecule has 1 aromatic heterocycles. The second kappa shape index (κ2) is 7.32. The van der Waals surface area contributed by atoms with Crippen LogP contribution in [0.4, 0.5) is 0 Å². The number of allylic oxidation sites excluding steroid dienone is 3. The number of methoxy groups -OCH3 is 1. The summed E-state index contributed by atoms with van der Waals surface area (Å²) in [6.45, 7) is 5.69. The molecule has 0 fully saturated rings. The van der Waals surface area contributed by atoms with E-state index < -0.39 is 39.9 Å². The van der Waals surface area contributed by atoms with Crippen molar-refractivity contribution in [3.8, 4) is 11.5 Å². The van der Waals surface area contributed by atoms with Gasteiger partial charge in [-0.25, -0.2) is 9.59 Å². The summed E-state index contributed by atoms with van der Waals surface area (Å²) in [5.41, 5.74) is -3.34. The second-order valence-corrected chi connectivity index (χ2v) is 10.5. The summed E-state index contributed by atoms with van der Waals surface area (Å²) in [4.78, 5) is 39.3. The van der Waals surface area contributed by atoms with Gasteiger partial charge in [0, 0.05) is 46.6 Å². The Kier molecular flexibility index (Phi) is 4.65. The lowest BCUT2D eigenvalue weighted by molar-refractivity contribution is -0.222. The van der Waals surface area contributed by atoms with Crippen molar-refractivity contribution in [2.45, 2.75) is 50.7 Å². The largest absolute Gasteiger partial charge is 0.502 e. The Morgan fingerprint density at radius 1 is 1.24 bits per heavy atom. The molecule has 0 saturated carbocycles. The SMILES string of the molecule is COc1c2c(c3ccc(=O)oc3c1O)[C@]1(O)CC(C)=C[C@@H]2[C@]23C=CC(=O)O[C@@]21C(=O)C(CC=C(C)C)=C3. The molecule has 0 unspecified atom stereocenters. The molecular formula is C29H26O8. The first kappa shape index (κ1) is 23.5. The van der Waals surface area contributed by atoms with Gasteiger partial charge in [-0.15, -0.1) is 0 Å². The highest BCUT2D eigenvalue weighted by Gasteiger charge is 2.79. The summed E-state index contributed by atoms with van der Waals surface area (Å²) in [6.07, 6.45) is 8.85. The fourth-order valence-corrected chi connectivity index (χ4v) is 6.90. The highest BCUT2D eigenvalue weighted by molar-refractivity contribution is 6.12. The van der Waals surface area contributed by atoms with Crippen molar-refractivity contribution < 1.29 is 33.7 Å². The predicted octanol–water partition coefficient (Wildman–Crippen LogP) is 3.85. The summed E-state index contributed by atoms with van der Waals surface area (Å²) >= 11 is 0. The molecule has 0 amide bonds. The van der Waals surface area contributed by atoms with Gasteiger partial charge in [0.2, 0.25) is 17.1 Å². The van der Waals surface area contributed by atoms with Crippen molar-refractivity contribution in [3.05, 3.63) is 80.8 Å². The van der Waals surface area contributed by atoms with Crippen molar-refractivity contribution in [2.75, 3.05) is 7.11 Å². The van der Waals surface area contributed by atoms with Gasteiger partial charge in [0.25, 0.3) is 0 Å². The van der Waals surface area contributed by atoms with E-state index in [2.05, 4.69) is 0 Å². The molecule has 1 aromatic carbocycles. The number of phenols is 1. The maximum absolute atomic E-state index is 14.4. The Morgan fingerprint density at radius 2 is 2.00 bits per heavy atom. The molecular weight excluding hydrogens is 476 g/mol. The number of carbonyl (C=O) groups excluding carboxylic acids is 2. The third kappa shape index (κ3) is 2.63. The number of esters is 1. The number of rotatable bonds is 3. The third-order valence-corrected chi connectivity index (χ3v) is 8.17. The van der Waals surface area contributed by atoms with E-state index in [0.717, 1.165) is 11.1 Å². The van der Waals surface area contributed by atoms with Crippen LogP contribution in [0.15, 0.2) is 68.4 Å². The number of aromatic hydroxyl groups is 1. The lowest BCUT2D eigenvalue weighted by Gasteiger charge is -2.57. The first-order valence-corrected chi connectivity index (χ1v) is 12.1. The third-order valence-electron chi connectivity index (χ3n) is 8.17. The van der Waals surface area contributed by atoms with Gasteiger partial charge in [0.05, 0.1) is 12.5 Å². The number of benzene rings is 1. The van der Waals surface area contributed by atoms with Gasteiger partial charge in [0.15, 0.2) is 11.3 Å². The van der Waals surface area contributed by atoms with E-state index in [1.165, 1.54) is 25.3 Å². The zero-order valence-corrected chi connectivity index (χ0v) is 20.9. The molecule has 2 bridgehead atoms. The fraction of sp³-hybridized carbons (Fsp3) is 0.345. The molecule has 7 rings (SSSR count). The summed E-state index contributed by atoms with van der Waals surface area (Å²) < 4.78 is 17.0. The van der Waals surface area contributed by atoms with Crippen LogP contribution < -0.4 is 10.4 Å². The van der Waals surface area contributed by atoms with Crippen molar-refractivity contribution in [1.29, 1.82) is 0 Å². The van der Waals surface area contributed by atoms with E-state index in [4.69, 9.17) is 13.9 Å². The minimum atomic E-state index is -2.07. The lowest BCUT2D eigenvalue weighted by atomic mass is 9.50. The quantitative estimate of drug-likeness (QED) is 0.369. The molecule has 0 saturated heterocycles. The van der Waals surface area contributed by atoms with Crippen molar-refractivity contribution in [1.82, 2.24) is 0 Å². The van der Waals surface area contributed by atoms with Crippen LogP contribution in [0.3, 0.4) is 0 Å². The normalized spacial score (nSPS) is 31.1. The molecule has 0 radical (unpaired) electrons. The Hall–Kier alpha value is -3.91. The number of hydrogen-bond donors (Lipinski definition) is 2. The van der Waals surface area contributed by atoms with Gasteiger partial charge in [-0.1, -0.05) is 35.5 Å². The van der Waals surface area contributed by atoms with Gasteiger partial charge >= 0.3 is 11.6 Å². The standard InChI is InChI=1S/C29H26O8/c1-14(2)5-6-16-13-27-10-9-20(31)37-29(27,26(16)33)28(34)12-15(3)11-18(27)21-22(28)17-7-8-19(30)36-24(17)23(32)25(21)35-4/h5,7-11,13,18,32,34H,6,12H2,1-4H3/t18-,27+,28+,29-/m0/s1. The van der Waals surface area contributed by atoms with Gasteiger partial charge < -0.3 is 24.1 Å². The summed E-state index contributed by atoms with van der Waals surface area (Å²) in [6, 6.07) is 2.63. The number of fused-ring (bicyclic) bond motifs is 2. The summed E-state index contributed by atoms with van der Waals surface area (Å²) in [5, 5.41) is 24.3. The molecule has 5 aliphatic rings. The molecule has 4 aliphatic carbocycles. The Balaban J connectivity index is 1.82. The van der Waals surface area contributed by atoms with Crippen LogP contribution >= 0.6 is 0 Å². The van der Waals surface area contributed by atoms with Gasteiger partial charge in [-0.3, -0.25) is 4.79 Å². The molecule has 1 aliphatic heterocycles. The van der Waals surface area contributed by atoms with Crippen LogP contribution in [0, 0.1) is 5.41 Å². The Morgan fingerprint density at radius 3 is 2.70 bits per heavy atom. The molecule has 8 nitrogen and oxygen atoms in total. The van der Waals surface area contributed by atoms with E-state index in [9.17, 15) is 24.6 Å². The molecule has 37 heavy (non-hydrogen) atoms. The zero-order chi connectivity index (χ0) is 26.5. The number of Topliss-reactive ketones (excluding diaryl/α,β-unsaturated/α-hetero) is 1. The van der Waals surface area contributed by atoms with E-state index in [1.807, 2.05) is 32.9 Å². The molecule has 4 atom stereocenters. The smallest absolute Gasteiger partial charge is 0.336 e. The van der Waals surface area contributed by atoms with E-state index >= 15 is 0 Å². The average molecular weight is 503 g/mol. The van der Waals surface area contributed by atoms with E-state index in [0.29, 0.717) is 17.6 Å². The van der Waals surface area contributed by atoms with Crippen LogP contribution in [-0.2, 0) is 19.9 Å². The fourth-order valence-electron chi connectivity index (χ4n) is 6.90. The van der Waals surface area contributed by atoms with E-state index in [-0.39, 0.29) is 34.5 Å². The average Bonchev–Trinajstić information content (AvgIpc) is 2.98. The first-order valence-electron chi connectivity index (χ1n) is 12.1. The maximum atomic E-state index is 14.4. The lowest BCUT2D eigenvalue weighted by Crippen LogP contribution is -2.69. The predicted molar refractivity (Wildman–Crippen MR) is 133 cm³/mol. The number of ketones is 1. The van der Waals surface area contributed by atoms with Crippen molar-refractivity contribution >= 4 is 22.7 Å². The van der Waals surface area contributed by atoms with Crippen LogP contribution in [-0.4, -0.2) is 34.7 Å². The number of phenolic OH excluding ortho intramolecular Hbond substituents is 1. The first-order chi connectivity index (χ1) is 17.5. The number of hydrogen-bond acceptors (Lipinski definition) is 8. The van der Waals surface area contributed by atoms with Gasteiger partial charge in [-0.05, 0) is 33.3 Å². The number of carbonyl (C=O) groups is 2. The van der Waals surface area contributed by atoms with Gasteiger partial charge in [0.1, 0.15) is 5.60 Å². The molecule has 8 heteroatoms. The van der Waals surface area contributed by atoms with Crippen molar-refractivity contribution in [3.63, 3.8) is 0 Å². The van der Waals surface area contributed by atoms with Crippen LogP contribution in [0.5, 0.6) is 11.5 Å². The molecule has 2 N–H and O–H groups in total. The molecule has 190 valence electrons. The summed E-state index contributed by atoms with van der Waals surface area (Å²) in [5.74, 6) is -2.21. The minimum absolute atomic E-state index is 0.0260.